The lowest BCUT2D eigenvalue weighted by molar-refractivity contribution is -0.142. The Balaban J connectivity index is 2.15. The first-order valence-corrected chi connectivity index (χ1v) is 9.88. The summed E-state index contributed by atoms with van der Waals surface area (Å²) in [7, 11) is 0. The maximum absolute atomic E-state index is 13.2. The van der Waals surface area contributed by atoms with Crippen LogP contribution in [0.15, 0.2) is 46.9 Å². The number of nitrogens with one attached hydrogen (secondary N) is 1. The molecule has 1 unspecified atom stereocenters. The second-order valence-electron chi connectivity index (χ2n) is 6.08. The Morgan fingerprint density at radius 2 is 1.93 bits per heavy atom. The molecule has 0 fully saturated rings. The number of likely N-dealkylation sites (N-methyl/N-ethyl adjacent to an activating group) is 1. The first-order valence-electron chi connectivity index (χ1n) is 8.71. The molecule has 0 aromatic heterocycles. The van der Waals surface area contributed by atoms with Crippen LogP contribution in [-0.4, -0.2) is 35.9 Å². The molecular formula is C20H21BrClFN2O3. The van der Waals surface area contributed by atoms with Gasteiger partial charge in [-0.2, -0.15) is 0 Å². The van der Waals surface area contributed by atoms with Crippen LogP contribution < -0.4 is 10.1 Å². The van der Waals surface area contributed by atoms with E-state index in [0.29, 0.717) is 27.4 Å². The SMILES string of the molecule is CCNC(=O)C(C)N(Cc1ccc(F)cc1)C(=O)COc1ccc(Cl)cc1Br. The van der Waals surface area contributed by atoms with Crippen LogP contribution in [0.4, 0.5) is 4.39 Å². The van der Waals surface area contributed by atoms with Gasteiger partial charge in [0.25, 0.3) is 5.91 Å². The lowest BCUT2D eigenvalue weighted by atomic mass is 10.1. The number of halogens is 3. The zero-order valence-electron chi connectivity index (χ0n) is 15.5. The molecule has 1 atom stereocenters. The van der Waals surface area contributed by atoms with E-state index in [1.165, 1.54) is 17.0 Å². The molecule has 1 N–H and O–H groups in total. The molecule has 0 saturated carbocycles. The van der Waals surface area contributed by atoms with Crippen LogP contribution in [0, 0.1) is 5.82 Å². The van der Waals surface area contributed by atoms with E-state index in [1.54, 1.807) is 44.2 Å². The molecule has 2 amide bonds. The van der Waals surface area contributed by atoms with Crippen molar-refractivity contribution in [2.45, 2.75) is 26.4 Å². The van der Waals surface area contributed by atoms with E-state index < -0.39 is 6.04 Å². The molecule has 2 aromatic rings. The largest absolute Gasteiger partial charge is 0.483 e. The lowest BCUT2D eigenvalue weighted by Crippen LogP contribution is -2.49. The van der Waals surface area contributed by atoms with Crippen LogP contribution in [0.25, 0.3) is 0 Å². The number of amides is 2. The Labute approximate surface area is 176 Å². The quantitative estimate of drug-likeness (QED) is 0.628. The number of benzene rings is 2. The summed E-state index contributed by atoms with van der Waals surface area (Å²) in [6.07, 6.45) is 0. The summed E-state index contributed by atoms with van der Waals surface area (Å²) in [5.74, 6) is -0.546. The number of ether oxygens (including phenoxy) is 1. The summed E-state index contributed by atoms with van der Waals surface area (Å²) < 4.78 is 19.4. The van der Waals surface area contributed by atoms with Gasteiger partial charge in [0.15, 0.2) is 6.61 Å². The number of hydrogen-bond acceptors (Lipinski definition) is 3. The molecule has 0 aliphatic carbocycles. The van der Waals surface area contributed by atoms with Crippen LogP contribution in [0.5, 0.6) is 5.75 Å². The second-order valence-corrected chi connectivity index (χ2v) is 7.37. The normalized spacial score (nSPS) is 11.6. The van der Waals surface area contributed by atoms with Crippen molar-refractivity contribution in [1.29, 1.82) is 0 Å². The van der Waals surface area contributed by atoms with Gasteiger partial charge in [-0.05, 0) is 65.7 Å². The predicted octanol–water partition coefficient (Wildman–Crippen LogP) is 4.17. The topological polar surface area (TPSA) is 58.6 Å². The van der Waals surface area contributed by atoms with Crippen molar-refractivity contribution in [2.24, 2.45) is 0 Å². The number of rotatable bonds is 8. The van der Waals surface area contributed by atoms with Gasteiger partial charge in [-0.25, -0.2) is 4.39 Å². The number of nitrogens with zero attached hydrogens (tertiary/aromatic N) is 1. The zero-order valence-corrected chi connectivity index (χ0v) is 17.9. The van der Waals surface area contributed by atoms with Gasteiger partial charge in [-0.15, -0.1) is 0 Å². The Bertz CT molecular complexity index is 833. The molecule has 0 spiro atoms. The van der Waals surface area contributed by atoms with Gasteiger partial charge in [0.05, 0.1) is 4.47 Å². The fraction of sp³-hybridized carbons (Fsp3) is 0.300. The van der Waals surface area contributed by atoms with Crippen molar-refractivity contribution < 1.29 is 18.7 Å². The smallest absolute Gasteiger partial charge is 0.261 e. The summed E-state index contributed by atoms with van der Waals surface area (Å²) in [5, 5.41) is 3.24. The van der Waals surface area contributed by atoms with Crippen molar-refractivity contribution >= 4 is 39.3 Å². The van der Waals surface area contributed by atoms with Crippen molar-refractivity contribution in [3.05, 3.63) is 63.3 Å². The standard InChI is InChI=1S/C20H21BrClFN2O3/c1-3-24-20(27)13(2)25(11-14-4-7-16(23)8-5-14)19(26)12-28-18-9-6-15(22)10-17(18)21/h4-10,13H,3,11-12H2,1-2H3,(H,24,27). The Hall–Kier alpha value is -2.12. The summed E-state index contributed by atoms with van der Waals surface area (Å²) in [6.45, 7) is 3.80. The molecule has 0 radical (unpaired) electrons. The third-order valence-electron chi connectivity index (χ3n) is 4.03. The van der Waals surface area contributed by atoms with E-state index in [4.69, 9.17) is 16.3 Å². The van der Waals surface area contributed by atoms with E-state index in [2.05, 4.69) is 21.2 Å². The minimum Gasteiger partial charge on any atom is -0.483 e. The summed E-state index contributed by atoms with van der Waals surface area (Å²) in [6, 6.07) is 10.0. The molecule has 8 heteroatoms. The highest BCUT2D eigenvalue weighted by Crippen LogP contribution is 2.28. The summed E-state index contributed by atoms with van der Waals surface area (Å²) in [5.41, 5.74) is 0.707. The number of carbonyl (C=O) groups is 2. The molecule has 28 heavy (non-hydrogen) atoms. The van der Waals surface area contributed by atoms with E-state index in [1.807, 2.05) is 0 Å². The maximum atomic E-state index is 13.2. The molecule has 0 saturated heterocycles. The third kappa shape index (κ3) is 6.21. The molecule has 0 heterocycles. The van der Waals surface area contributed by atoms with Crippen LogP contribution in [0.3, 0.4) is 0 Å². The van der Waals surface area contributed by atoms with Crippen LogP contribution in [-0.2, 0) is 16.1 Å². The van der Waals surface area contributed by atoms with Crippen LogP contribution in [0.1, 0.15) is 19.4 Å². The van der Waals surface area contributed by atoms with Crippen LogP contribution in [0.2, 0.25) is 5.02 Å². The van der Waals surface area contributed by atoms with E-state index in [0.717, 1.165) is 0 Å². The number of carbonyl (C=O) groups excluding carboxylic acids is 2. The third-order valence-corrected chi connectivity index (χ3v) is 4.88. The molecule has 0 aliphatic heterocycles. The molecular weight excluding hydrogens is 451 g/mol. The number of hydrogen-bond donors (Lipinski definition) is 1. The monoisotopic (exact) mass is 470 g/mol. The van der Waals surface area contributed by atoms with Gasteiger partial charge in [0, 0.05) is 18.1 Å². The summed E-state index contributed by atoms with van der Waals surface area (Å²) in [4.78, 5) is 26.5. The maximum Gasteiger partial charge on any atom is 0.261 e. The van der Waals surface area contributed by atoms with Gasteiger partial charge >= 0.3 is 0 Å². The van der Waals surface area contributed by atoms with Gasteiger partial charge in [0.1, 0.15) is 17.6 Å². The lowest BCUT2D eigenvalue weighted by Gasteiger charge is -2.28. The van der Waals surface area contributed by atoms with Crippen molar-refractivity contribution in [1.82, 2.24) is 10.2 Å². The highest BCUT2D eigenvalue weighted by atomic mass is 79.9. The van der Waals surface area contributed by atoms with E-state index in [-0.39, 0.29) is 30.8 Å². The average molecular weight is 472 g/mol. The van der Waals surface area contributed by atoms with E-state index >= 15 is 0 Å². The fourth-order valence-electron chi connectivity index (χ4n) is 2.51. The van der Waals surface area contributed by atoms with Gasteiger partial charge in [0.2, 0.25) is 5.91 Å². The highest BCUT2D eigenvalue weighted by Gasteiger charge is 2.26. The molecule has 2 rings (SSSR count). The Morgan fingerprint density at radius 1 is 1.25 bits per heavy atom. The van der Waals surface area contributed by atoms with Crippen LogP contribution >= 0.6 is 27.5 Å². The average Bonchev–Trinajstić information content (AvgIpc) is 2.66. The molecule has 0 aliphatic rings. The second kappa shape index (κ2) is 10.4. The minimum absolute atomic E-state index is 0.155. The summed E-state index contributed by atoms with van der Waals surface area (Å²) >= 11 is 9.24. The molecule has 5 nitrogen and oxygen atoms in total. The van der Waals surface area contributed by atoms with Gasteiger partial charge in [-0.3, -0.25) is 9.59 Å². The van der Waals surface area contributed by atoms with Crippen molar-refractivity contribution in [3.63, 3.8) is 0 Å². The minimum atomic E-state index is -0.713. The predicted molar refractivity (Wildman–Crippen MR) is 110 cm³/mol. The van der Waals surface area contributed by atoms with Crippen molar-refractivity contribution in [3.8, 4) is 5.75 Å². The molecule has 0 bridgehead atoms. The molecule has 2 aromatic carbocycles. The van der Waals surface area contributed by atoms with Crippen molar-refractivity contribution in [2.75, 3.05) is 13.2 Å². The fourth-order valence-corrected chi connectivity index (χ4v) is 3.30. The first kappa shape index (κ1) is 22.2. The highest BCUT2D eigenvalue weighted by molar-refractivity contribution is 9.10. The Kier molecular flexibility index (Phi) is 8.26. The zero-order chi connectivity index (χ0) is 20.7. The van der Waals surface area contributed by atoms with Gasteiger partial charge < -0.3 is 15.0 Å². The first-order chi connectivity index (χ1) is 13.3. The van der Waals surface area contributed by atoms with Gasteiger partial charge in [-0.1, -0.05) is 23.7 Å². The Morgan fingerprint density at radius 3 is 2.54 bits per heavy atom. The van der Waals surface area contributed by atoms with E-state index in [9.17, 15) is 14.0 Å². The molecule has 150 valence electrons.